The molecule has 220 valence electrons. The minimum Gasteiger partial charge on any atom is -0.458 e. The van der Waals surface area contributed by atoms with E-state index in [4.69, 9.17) is 9.15 Å². The first kappa shape index (κ1) is 25.0. The predicted octanol–water partition coefficient (Wildman–Crippen LogP) is 6.60. The van der Waals surface area contributed by atoms with Crippen molar-refractivity contribution < 1.29 is 9.15 Å². The third kappa shape index (κ3) is 2.95. The molecule has 4 nitrogen and oxygen atoms in total. The molecule has 0 spiro atoms. The molecule has 5 heterocycles. The molecule has 1 aromatic heterocycles. The van der Waals surface area contributed by atoms with E-state index < -0.39 is 0 Å². The highest BCUT2D eigenvalue weighted by atomic mass is 16.5. The van der Waals surface area contributed by atoms with Gasteiger partial charge >= 0.3 is 0 Å². The van der Waals surface area contributed by atoms with E-state index in [-0.39, 0.29) is 13.4 Å². The Morgan fingerprint density at radius 3 is 1.73 bits per heavy atom. The molecule has 0 amide bonds. The van der Waals surface area contributed by atoms with Gasteiger partial charge in [-0.15, -0.1) is 0 Å². The van der Waals surface area contributed by atoms with Gasteiger partial charge in [-0.25, -0.2) is 0 Å². The number of ether oxygens (including phenoxy) is 1. The number of para-hydroxylation sites is 5. The number of nitrogens with zero attached hydrogens (tertiary/aromatic N) is 2. The second-order valence-electron chi connectivity index (χ2n) is 13.2. The molecule has 0 radical (unpaired) electrons. The SMILES string of the molecule is c1ccc2c(c1)Oc1cc3c4c5c1B2c1ccccc1N5c1ccccc1B4c1ccccc1N3c1cccc2oc3ccccc3c12. The number of fused-ring (bicyclic) bond motifs is 13. The van der Waals surface area contributed by atoms with Gasteiger partial charge in [0.2, 0.25) is 0 Å². The molecule has 0 saturated heterocycles. The van der Waals surface area contributed by atoms with Crippen molar-refractivity contribution in [3.8, 4) is 11.5 Å². The van der Waals surface area contributed by atoms with Crippen LogP contribution in [-0.2, 0) is 0 Å². The van der Waals surface area contributed by atoms with E-state index in [0.29, 0.717) is 0 Å². The van der Waals surface area contributed by atoms with Crippen molar-refractivity contribution in [3.63, 3.8) is 0 Å². The molecule has 0 fully saturated rings. The van der Waals surface area contributed by atoms with Gasteiger partial charge in [0.05, 0.1) is 11.1 Å². The summed E-state index contributed by atoms with van der Waals surface area (Å²) in [4.78, 5) is 4.99. The maximum atomic E-state index is 6.94. The van der Waals surface area contributed by atoms with Gasteiger partial charge in [-0.1, -0.05) is 97.1 Å². The van der Waals surface area contributed by atoms with E-state index in [1.165, 1.54) is 55.5 Å². The first-order chi connectivity index (χ1) is 23.8. The van der Waals surface area contributed by atoms with Crippen LogP contribution in [-0.4, -0.2) is 13.4 Å². The number of benzene rings is 7. The summed E-state index contributed by atoms with van der Waals surface area (Å²) in [5, 5.41) is 2.23. The van der Waals surface area contributed by atoms with Crippen molar-refractivity contribution in [1.29, 1.82) is 0 Å². The Balaban J connectivity index is 1.26. The van der Waals surface area contributed by atoms with Crippen LogP contribution >= 0.6 is 0 Å². The van der Waals surface area contributed by atoms with Gasteiger partial charge in [-0.2, -0.15) is 0 Å². The Hall–Kier alpha value is -6.13. The first-order valence-corrected chi connectivity index (χ1v) is 16.6. The second kappa shape index (κ2) is 8.81. The lowest BCUT2D eigenvalue weighted by atomic mass is 9.29. The molecule has 0 atom stereocenters. The molecular weight excluding hydrogens is 586 g/mol. The molecule has 4 aliphatic rings. The Morgan fingerprint density at radius 1 is 0.417 bits per heavy atom. The molecule has 48 heavy (non-hydrogen) atoms. The van der Waals surface area contributed by atoms with Crippen LogP contribution in [0.15, 0.2) is 150 Å². The summed E-state index contributed by atoms with van der Waals surface area (Å²) in [5.41, 5.74) is 16.6. The number of anilines is 6. The molecule has 8 aromatic rings. The fourth-order valence-corrected chi connectivity index (χ4v) is 9.13. The van der Waals surface area contributed by atoms with Crippen LogP contribution < -0.4 is 47.3 Å². The van der Waals surface area contributed by atoms with E-state index in [0.717, 1.165) is 44.8 Å². The van der Waals surface area contributed by atoms with E-state index in [1.807, 2.05) is 6.07 Å². The summed E-state index contributed by atoms with van der Waals surface area (Å²) in [6, 6.07) is 52.5. The topological polar surface area (TPSA) is 28.9 Å². The zero-order chi connectivity index (χ0) is 31.1. The number of rotatable bonds is 1. The van der Waals surface area contributed by atoms with Gasteiger partial charge in [-0.05, 0) is 75.2 Å². The number of furan rings is 1. The summed E-state index contributed by atoms with van der Waals surface area (Å²) in [6.45, 7) is 0.124. The van der Waals surface area contributed by atoms with Crippen molar-refractivity contribution in [3.05, 3.63) is 146 Å². The molecule has 12 rings (SSSR count). The van der Waals surface area contributed by atoms with Crippen molar-refractivity contribution in [2.75, 3.05) is 9.80 Å². The Bertz CT molecular complexity index is 2710. The van der Waals surface area contributed by atoms with Crippen LogP contribution in [0.2, 0.25) is 0 Å². The molecule has 0 bridgehead atoms. The Kier molecular flexibility index (Phi) is 4.59. The monoisotopic (exact) mass is 610 g/mol. The van der Waals surface area contributed by atoms with Gasteiger partial charge < -0.3 is 19.0 Å². The van der Waals surface area contributed by atoms with E-state index >= 15 is 0 Å². The average Bonchev–Trinajstić information content (AvgIpc) is 3.53. The highest BCUT2D eigenvalue weighted by Gasteiger charge is 2.50. The Labute approximate surface area is 277 Å². The van der Waals surface area contributed by atoms with Crippen LogP contribution in [0.5, 0.6) is 11.5 Å². The zero-order valence-corrected chi connectivity index (χ0v) is 25.7. The predicted molar refractivity (Wildman–Crippen MR) is 199 cm³/mol. The third-order valence-corrected chi connectivity index (χ3v) is 10.9. The van der Waals surface area contributed by atoms with Crippen LogP contribution in [0.25, 0.3) is 21.9 Å². The molecular formula is C42H24B2N2O2. The lowest BCUT2D eigenvalue weighted by Gasteiger charge is -2.49. The fraction of sp³-hybridized carbons (Fsp3) is 0. The number of hydrogen-bond acceptors (Lipinski definition) is 4. The van der Waals surface area contributed by atoms with Crippen molar-refractivity contribution in [1.82, 2.24) is 0 Å². The maximum absolute atomic E-state index is 6.94. The van der Waals surface area contributed by atoms with E-state index in [1.54, 1.807) is 0 Å². The van der Waals surface area contributed by atoms with Crippen LogP contribution in [0.3, 0.4) is 0 Å². The summed E-state index contributed by atoms with van der Waals surface area (Å²) in [5.74, 6) is 1.84. The largest absolute Gasteiger partial charge is 0.458 e. The fourth-order valence-electron chi connectivity index (χ4n) is 9.13. The molecule has 0 unspecified atom stereocenters. The maximum Gasteiger partial charge on any atom is 0.256 e. The summed E-state index contributed by atoms with van der Waals surface area (Å²) in [7, 11) is 0. The highest BCUT2D eigenvalue weighted by Crippen LogP contribution is 2.49. The van der Waals surface area contributed by atoms with Crippen molar-refractivity contribution >= 4 is 102 Å². The quantitative estimate of drug-likeness (QED) is 0.196. The smallest absolute Gasteiger partial charge is 0.256 e. The summed E-state index contributed by atoms with van der Waals surface area (Å²) < 4.78 is 13.4. The standard InChI is InChI=1S/C42H24B2N2O2/c1-9-21-35-25(12-1)39-33(20-11-23-37(39)47-35)45-30-17-6-2-13-26(30)43-27-14-3-7-18-31(27)46-32-19-8-4-15-28(32)44-29-16-5-10-22-36(29)48-38-24-34(45)40(43)42(46)41(38)44/h1-24H. The van der Waals surface area contributed by atoms with Crippen molar-refractivity contribution in [2.45, 2.75) is 0 Å². The number of hydrogen-bond donors (Lipinski definition) is 0. The normalized spacial score (nSPS) is 14.2. The van der Waals surface area contributed by atoms with E-state index in [2.05, 4.69) is 149 Å². The molecule has 7 aromatic carbocycles. The third-order valence-electron chi connectivity index (χ3n) is 10.9. The van der Waals surface area contributed by atoms with Gasteiger partial charge in [0.15, 0.2) is 0 Å². The average molecular weight is 610 g/mol. The lowest BCUT2D eigenvalue weighted by molar-refractivity contribution is 0.488. The van der Waals surface area contributed by atoms with E-state index in [9.17, 15) is 0 Å². The Morgan fingerprint density at radius 2 is 0.979 bits per heavy atom. The first-order valence-electron chi connectivity index (χ1n) is 16.6. The van der Waals surface area contributed by atoms with Crippen LogP contribution in [0.1, 0.15) is 0 Å². The second-order valence-corrected chi connectivity index (χ2v) is 13.2. The molecule has 4 aliphatic heterocycles. The van der Waals surface area contributed by atoms with Gasteiger partial charge in [0, 0.05) is 39.9 Å². The molecule has 0 aliphatic carbocycles. The minimum absolute atomic E-state index is 0.0589. The van der Waals surface area contributed by atoms with Crippen LogP contribution in [0, 0.1) is 0 Å². The van der Waals surface area contributed by atoms with Gasteiger partial charge in [0.1, 0.15) is 22.7 Å². The lowest BCUT2D eigenvalue weighted by Crippen LogP contribution is -2.67. The summed E-state index contributed by atoms with van der Waals surface area (Å²) >= 11 is 0. The minimum atomic E-state index is 0.0589. The zero-order valence-electron chi connectivity index (χ0n) is 25.7. The molecule has 0 saturated carbocycles. The molecule has 6 heteroatoms. The van der Waals surface area contributed by atoms with Gasteiger partial charge in [0.25, 0.3) is 13.4 Å². The molecule has 0 N–H and O–H groups in total. The highest BCUT2D eigenvalue weighted by molar-refractivity contribution is 7.04. The summed E-state index contributed by atoms with van der Waals surface area (Å²) in [6.07, 6.45) is 0. The van der Waals surface area contributed by atoms with Crippen LogP contribution in [0.4, 0.5) is 34.1 Å². The van der Waals surface area contributed by atoms with Gasteiger partial charge in [-0.3, -0.25) is 0 Å². The van der Waals surface area contributed by atoms with Crippen molar-refractivity contribution in [2.24, 2.45) is 0 Å².